The van der Waals surface area contributed by atoms with Crippen molar-refractivity contribution in [3.8, 4) is 11.5 Å². The zero-order chi connectivity index (χ0) is 23.4. The second kappa shape index (κ2) is 10.1. The maximum atomic E-state index is 13.1. The van der Waals surface area contributed by atoms with Crippen LogP contribution in [0.4, 0.5) is 0 Å². The van der Waals surface area contributed by atoms with Gasteiger partial charge in [0, 0.05) is 24.2 Å². The molecule has 8 heteroatoms. The molecule has 7 nitrogen and oxygen atoms in total. The summed E-state index contributed by atoms with van der Waals surface area (Å²) >= 11 is 6.18. The first-order valence-electron chi connectivity index (χ1n) is 10.3. The molecule has 1 N–H and O–H groups in total. The van der Waals surface area contributed by atoms with Gasteiger partial charge in [0.25, 0.3) is 11.7 Å². The molecular weight excluding hydrogens is 432 g/mol. The Morgan fingerprint density at radius 2 is 1.88 bits per heavy atom. The molecule has 1 saturated heterocycles. The number of carbonyl (C=O) groups excluding carboxylic acids is 2. The highest BCUT2D eigenvalue weighted by atomic mass is 35.5. The topological polar surface area (TPSA) is 79.3 Å². The number of carbonyl (C=O) groups is 2. The van der Waals surface area contributed by atoms with Crippen molar-refractivity contribution in [3.63, 3.8) is 0 Å². The van der Waals surface area contributed by atoms with Gasteiger partial charge in [-0.15, -0.1) is 0 Å². The van der Waals surface area contributed by atoms with Crippen LogP contribution in [-0.2, 0) is 9.59 Å². The Kier molecular flexibility index (Phi) is 7.43. The van der Waals surface area contributed by atoms with E-state index in [2.05, 4.69) is 0 Å². The summed E-state index contributed by atoms with van der Waals surface area (Å²) in [4.78, 5) is 29.5. The summed E-state index contributed by atoms with van der Waals surface area (Å²) in [6.45, 7) is 3.07. The van der Waals surface area contributed by atoms with E-state index in [0.717, 1.165) is 0 Å². The Labute approximate surface area is 192 Å². The SMILES string of the molecule is CCOc1cc(/C(O)=C2\C(=O)C(=O)N(CCN(C)C)C2c2ccccc2OC)ccc1Cl. The van der Waals surface area contributed by atoms with Crippen molar-refractivity contribution >= 4 is 29.1 Å². The van der Waals surface area contributed by atoms with Crippen molar-refractivity contribution in [2.45, 2.75) is 13.0 Å². The monoisotopic (exact) mass is 458 g/mol. The fraction of sp³-hybridized carbons (Fsp3) is 0.333. The van der Waals surface area contributed by atoms with Crippen LogP contribution in [0.15, 0.2) is 48.0 Å². The van der Waals surface area contributed by atoms with Gasteiger partial charge in [0.15, 0.2) is 0 Å². The van der Waals surface area contributed by atoms with E-state index in [9.17, 15) is 14.7 Å². The largest absolute Gasteiger partial charge is 0.507 e. The number of hydrogen-bond acceptors (Lipinski definition) is 6. The smallest absolute Gasteiger partial charge is 0.295 e. The van der Waals surface area contributed by atoms with E-state index >= 15 is 0 Å². The van der Waals surface area contributed by atoms with E-state index in [1.807, 2.05) is 32.0 Å². The van der Waals surface area contributed by atoms with Gasteiger partial charge in [0.05, 0.1) is 30.4 Å². The molecule has 2 aromatic carbocycles. The lowest BCUT2D eigenvalue weighted by atomic mass is 9.94. The molecule has 32 heavy (non-hydrogen) atoms. The molecule has 1 aliphatic heterocycles. The number of nitrogens with zero attached hydrogens (tertiary/aromatic N) is 2. The number of aliphatic hydroxyl groups is 1. The van der Waals surface area contributed by atoms with Crippen LogP contribution in [0.1, 0.15) is 24.1 Å². The molecule has 1 amide bonds. The molecule has 1 fully saturated rings. The quantitative estimate of drug-likeness (QED) is 0.369. The maximum absolute atomic E-state index is 13.1. The number of benzene rings is 2. The Morgan fingerprint density at radius 3 is 2.53 bits per heavy atom. The number of likely N-dealkylation sites (tertiary alicyclic amines) is 1. The van der Waals surface area contributed by atoms with E-state index in [4.69, 9.17) is 21.1 Å². The number of ether oxygens (including phenoxy) is 2. The first-order chi connectivity index (χ1) is 15.3. The number of Topliss-reactive ketones (excluding diaryl/α,β-unsaturated/α-hetero) is 1. The van der Waals surface area contributed by atoms with Crippen molar-refractivity contribution in [3.05, 3.63) is 64.2 Å². The van der Waals surface area contributed by atoms with Crippen LogP contribution in [-0.4, -0.2) is 67.5 Å². The number of ketones is 1. The Hall–Kier alpha value is -3.03. The summed E-state index contributed by atoms with van der Waals surface area (Å²) < 4.78 is 11.0. The lowest BCUT2D eigenvalue weighted by Crippen LogP contribution is -2.35. The molecule has 0 bridgehead atoms. The molecular formula is C24H27ClN2O5. The second-order valence-electron chi connectivity index (χ2n) is 7.62. The van der Waals surface area contributed by atoms with Crippen LogP contribution < -0.4 is 9.47 Å². The van der Waals surface area contributed by atoms with Crippen LogP contribution in [0.25, 0.3) is 5.76 Å². The van der Waals surface area contributed by atoms with Crippen molar-refractivity contribution < 1.29 is 24.2 Å². The molecule has 0 aliphatic carbocycles. The number of rotatable bonds is 8. The number of halogens is 1. The fourth-order valence-corrected chi connectivity index (χ4v) is 3.88. The third kappa shape index (κ3) is 4.59. The van der Waals surface area contributed by atoms with Gasteiger partial charge in [-0.3, -0.25) is 9.59 Å². The van der Waals surface area contributed by atoms with E-state index in [0.29, 0.717) is 47.3 Å². The Morgan fingerprint density at radius 1 is 1.16 bits per heavy atom. The normalized spacial score (nSPS) is 17.8. The zero-order valence-corrected chi connectivity index (χ0v) is 19.3. The number of aliphatic hydroxyl groups excluding tert-OH is 1. The van der Waals surface area contributed by atoms with Gasteiger partial charge in [-0.1, -0.05) is 29.8 Å². The highest BCUT2D eigenvalue weighted by Crippen LogP contribution is 2.43. The van der Waals surface area contributed by atoms with Gasteiger partial charge in [0.2, 0.25) is 0 Å². The standard InChI is InChI=1S/C24H27ClN2O5/c1-5-32-19-14-15(10-11-17(19)25)22(28)20-21(16-8-6-7-9-18(16)31-4)27(13-12-26(2)3)24(30)23(20)29/h6-11,14,21,28H,5,12-13H2,1-4H3/b22-20+. The lowest BCUT2D eigenvalue weighted by Gasteiger charge is -2.27. The van der Waals surface area contributed by atoms with E-state index in [-0.39, 0.29) is 11.3 Å². The molecule has 0 saturated carbocycles. The van der Waals surface area contributed by atoms with Crippen molar-refractivity contribution in [1.82, 2.24) is 9.80 Å². The van der Waals surface area contributed by atoms with Crippen molar-refractivity contribution in [2.75, 3.05) is 40.9 Å². The Balaban J connectivity index is 2.20. The molecule has 2 aromatic rings. The van der Waals surface area contributed by atoms with Gasteiger partial charge < -0.3 is 24.4 Å². The van der Waals surface area contributed by atoms with Crippen molar-refractivity contribution in [1.29, 1.82) is 0 Å². The summed E-state index contributed by atoms with van der Waals surface area (Å²) in [5, 5.41) is 11.6. The first-order valence-corrected chi connectivity index (χ1v) is 10.7. The van der Waals surface area contributed by atoms with Crippen LogP contribution in [0.5, 0.6) is 11.5 Å². The number of amides is 1. The molecule has 1 atom stereocenters. The van der Waals surface area contributed by atoms with Crippen LogP contribution in [0.2, 0.25) is 5.02 Å². The van der Waals surface area contributed by atoms with E-state index in [1.54, 1.807) is 36.4 Å². The number of hydrogen-bond donors (Lipinski definition) is 1. The Bertz CT molecular complexity index is 1050. The molecule has 1 heterocycles. The number of para-hydroxylation sites is 1. The summed E-state index contributed by atoms with van der Waals surface area (Å²) in [6, 6.07) is 11.1. The van der Waals surface area contributed by atoms with Gasteiger partial charge in [-0.2, -0.15) is 0 Å². The molecule has 0 aromatic heterocycles. The highest BCUT2D eigenvalue weighted by Gasteiger charge is 2.46. The average Bonchev–Trinajstić information content (AvgIpc) is 3.03. The number of likely N-dealkylation sites (N-methyl/N-ethyl adjacent to an activating group) is 1. The average molecular weight is 459 g/mol. The van der Waals surface area contributed by atoms with E-state index in [1.165, 1.54) is 12.0 Å². The van der Waals surface area contributed by atoms with Gasteiger partial charge in [-0.25, -0.2) is 0 Å². The minimum Gasteiger partial charge on any atom is -0.507 e. The zero-order valence-electron chi connectivity index (χ0n) is 18.6. The third-order valence-corrected chi connectivity index (χ3v) is 5.58. The number of methoxy groups -OCH3 is 1. The first kappa shape index (κ1) is 23.6. The predicted molar refractivity (Wildman–Crippen MR) is 123 cm³/mol. The van der Waals surface area contributed by atoms with E-state index < -0.39 is 17.7 Å². The van der Waals surface area contributed by atoms with Gasteiger partial charge in [-0.05, 0) is 45.3 Å². The molecule has 1 unspecified atom stereocenters. The molecule has 0 radical (unpaired) electrons. The molecule has 0 spiro atoms. The minimum atomic E-state index is -0.794. The summed E-state index contributed by atoms with van der Waals surface area (Å²) in [5.74, 6) is -0.794. The highest BCUT2D eigenvalue weighted by molar-refractivity contribution is 6.46. The van der Waals surface area contributed by atoms with Crippen LogP contribution >= 0.6 is 11.6 Å². The summed E-state index contributed by atoms with van der Waals surface area (Å²) in [7, 11) is 5.30. The molecule has 3 rings (SSSR count). The van der Waals surface area contributed by atoms with Crippen LogP contribution in [0.3, 0.4) is 0 Å². The lowest BCUT2D eigenvalue weighted by molar-refractivity contribution is -0.140. The van der Waals surface area contributed by atoms with Gasteiger partial charge >= 0.3 is 0 Å². The summed E-state index contributed by atoms with van der Waals surface area (Å²) in [5.41, 5.74) is 0.958. The molecule has 1 aliphatic rings. The molecule has 170 valence electrons. The summed E-state index contributed by atoms with van der Waals surface area (Å²) in [6.07, 6.45) is 0. The minimum absolute atomic E-state index is 0.00280. The van der Waals surface area contributed by atoms with Gasteiger partial charge in [0.1, 0.15) is 17.3 Å². The van der Waals surface area contributed by atoms with Crippen LogP contribution in [0, 0.1) is 0 Å². The maximum Gasteiger partial charge on any atom is 0.295 e. The fourth-order valence-electron chi connectivity index (χ4n) is 3.71. The predicted octanol–water partition coefficient (Wildman–Crippen LogP) is 3.73. The van der Waals surface area contributed by atoms with Crippen molar-refractivity contribution in [2.24, 2.45) is 0 Å². The second-order valence-corrected chi connectivity index (χ2v) is 8.02. The third-order valence-electron chi connectivity index (χ3n) is 5.27.